The molecule has 24 heavy (non-hydrogen) atoms. The van der Waals surface area contributed by atoms with Crippen LogP contribution >= 0.6 is 0 Å². The highest BCUT2D eigenvalue weighted by Crippen LogP contribution is 2.33. The Hall–Kier alpha value is -2.27. The second-order valence-electron chi connectivity index (χ2n) is 6.88. The van der Waals surface area contributed by atoms with E-state index in [0.29, 0.717) is 11.7 Å². The third-order valence-corrected chi connectivity index (χ3v) is 5.19. The van der Waals surface area contributed by atoms with E-state index < -0.39 is 0 Å². The van der Waals surface area contributed by atoms with Gasteiger partial charge in [0.25, 0.3) is 5.91 Å². The fourth-order valence-electron chi connectivity index (χ4n) is 3.75. The van der Waals surface area contributed by atoms with Crippen molar-refractivity contribution in [2.75, 3.05) is 19.6 Å². The van der Waals surface area contributed by atoms with Gasteiger partial charge in [0, 0.05) is 50.8 Å². The Morgan fingerprint density at radius 2 is 2.17 bits per heavy atom. The summed E-state index contributed by atoms with van der Waals surface area (Å²) in [4.78, 5) is 25.6. The van der Waals surface area contributed by atoms with Crippen LogP contribution in [-0.2, 0) is 6.54 Å². The van der Waals surface area contributed by atoms with Gasteiger partial charge in [-0.3, -0.25) is 19.7 Å². The number of nitrogens with zero attached hydrogens (tertiary/aromatic N) is 4. The van der Waals surface area contributed by atoms with Crippen LogP contribution in [0.5, 0.6) is 0 Å². The summed E-state index contributed by atoms with van der Waals surface area (Å²) in [5.41, 5.74) is 2.86. The Balaban J connectivity index is 1.41. The molecule has 2 atom stereocenters. The molecule has 0 saturated carbocycles. The van der Waals surface area contributed by atoms with Crippen LogP contribution in [0.2, 0.25) is 0 Å². The predicted octanol–water partition coefficient (Wildman–Crippen LogP) is 2.13. The molecule has 0 N–H and O–H groups in total. The lowest BCUT2D eigenvalue weighted by Gasteiger charge is -2.53. The summed E-state index contributed by atoms with van der Waals surface area (Å²) in [6.07, 6.45) is 6.58. The number of aromatic nitrogens is 2. The van der Waals surface area contributed by atoms with Crippen molar-refractivity contribution in [2.24, 2.45) is 5.92 Å². The average molecular weight is 322 g/mol. The number of piperidine rings is 1. The highest BCUT2D eigenvalue weighted by Gasteiger charge is 2.43. The molecule has 2 aliphatic rings. The summed E-state index contributed by atoms with van der Waals surface area (Å²) in [5.74, 6) is 0.776. The number of amides is 1. The number of carbonyl (C=O) groups is 1. The van der Waals surface area contributed by atoms with Gasteiger partial charge in [0.1, 0.15) is 5.69 Å². The molecule has 124 valence electrons. The average Bonchev–Trinajstić information content (AvgIpc) is 2.61. The molecule has 2 aromatic rings. The number of hydrogen-bond donors (Lipinski definition) is 0. The largest absolute Gasteiger partial charge is 0.336 e. The number of aryl methyl sites for hydroxylation is 1. The van der Waals surface area contributed by atoms with Crippen LogP contribution in [-0.4, -0.2) is 51.4 Å². The smallest absolute Gasteiger partial charge is 0.272 e. The maximum absolute atomic E-state index is 12.7. The Bertz CT molecular complexity index is 716. The molecule has 0 spiro atoms. The van der Waals surface area contributed by atoms with Crippen LogP contribution in [0.15, 0.2) is 42.9 Å². The summed E-state index contributed by atoms with van der Waals surface area (Å²) < 4.78 is 0. The molecular weight excluding hydrogens is 300 g/mol. The fourth-order valence-corrected chi connectivity index (χ4v) is 3.75. The zero-order valence-corrected chi connectivity index (χ0v) is 13.9. The molecule has 2 saturated heterocycles. The third kappa shape index (κ3) is 2.91. The first-order valence-corrected chi connectivity index (χ1v) is 8.55. The molecule has 4 rings (SSSR count). The molecule has 0 aromatic carbocycles. The van der Waals surface area contributed by atoms with E-state index in [-0.39, 0.29) is 5.91 Å². The van der Waals surface area contributed by atoms with Crippen molar-refractivity contribution < 1.29 is 4.79 Å². The van der Waals surface area contributed by atoms with Crippen molar-refractivity contribution in [3.8, 4) is 0 Å². The lowest BCUT2D eigenvalue weighted by molar-refractivity contribution is -0.0429. The van der Waals surface area contributed by atoms with Crippen LogP contribution < -0.4 is 0 Å². The van der Waals surface area contributed by atoms with E-state index in [4.69, 9.17) is 0 Å². The third-order valence-electron chi connectivity index (χ3n) is 5.19. The van der Waals surface area contributed by atoms with Gasteiger partial charge in [-0.15, -0.1) is 0 Å². The summed E-state index contributed by atoms with van der Waals surface area (Å²) in [6, 6.07) is 8.34. The normalized spacial score (nSPS) is 23.5. The Morgan fingerprint density at radius 1 is 1.25 bits per heavy atom. The van der Waals surface area contributed by atoms with Gasteiger partial charge < -0.3 is 4.90 Å². The SMILES string of the molecule is Cc1ccc(C(=O)N2CC[C@@H]3CN(Cc4cccnc4)[C@@H]3C2)nc1. The predicted molar refractivity (Wildman–Crippen MR) is 91.4 cm³/mol. The molecule has 2 aromatic heterocycles. The second-order valence-corrected chi connectivity index (χ2v) is 6.88. The van der Waals surface area contributed by atoms with Crippen LogP contribution in [0.4, 0.5) is 0 Å². The Labute approximate surface area is 142 Å². The van der Waals surface area contributed by atoms with Crippen LogP contribution in [0, 0.1) is 12.8 Å². The highest BCUT2D eigenvalue weighted by molar-refractivity contribution is 5.92. The van der Waals surface area contributed by atoms with Crippen LogP contribution in [0.1, 0.15) is 28.0 Å². The number of fused-ring (bicyclic) bond motifs is 1. The zero-order chi connectivity index (χ0) is 16.5. The van der Waals surface area contributed by atoms with Crippen molar-refractivity contribution in [2.45, 2.75) is 25.9 Å². The topological polar surface area (TPSA) is 49.3 Å². The van der Waals surface area contributed by atoms with Crippen LogP contribution in [0.25, 0.3) is 0 Å². The summed E-state index contributed by atoms with van der Waals surface area (Å²) >= 11 is 0. The van der Waals surface area contributed by atoms with Gasteiger partial charge in [-0.1, -0.05) is 12.1 Å². The molecule has 5 nitrogen and oxygen atoms in total. The summed E-state index contributed by atoms with van der Waals surface area (Å²) in [6.45, 7) is 5.68. The van der Waals surface area contributed by atoms with Crippen molar-refractivity contribution in [1.29, 1.82) is 0 Å². The van der Waals surface area contributed by atoms with E-state index in [2.05, 4.69) is 20.9 Å². The lowest BCUT2D eigenvalue weighted by atomic mass is 9.82. The minimum Gasteiger partial charge on any atom is -0.336 e. The zero-order valence-electron chi connectivity index (χ0n) is 13.9. The van der Waals surface area contributed by atoms with Gasteiger partial charge in [-0.2, -0.15) is 0 Å². The van der Waals surface area contributed by atoms with Gasteiger partial charge in [-0.25, -0.2) is 0 Å². The van der Waals surface area contributed by atoms with E-state index in [1.807, 2.05) is 36.2 Å². The monoisotopic (exact) mass is 322 g/mol. The van der Waals surface area contributed by atoms with Crippen molar-refractivity contribution in [3.05, 3.63) is 59.7 Å². The van der Waals surface area contributed by atoms with Crippen LogP contribution in [0.3, 0.4) is 0 Å². The van der Waals surface area contributed by atoms with Crippen molar-refractivity contribution in [1.82, 2.24) is 19.8 Å². The maximum atomic E-state index is 12.7. The van der Waals surface area contributed by atoms with Gasteiger partial charge in [0.2, 0.25) is 0 Å². The molecule has 0 aliphatic carbocycles. The first kappa shape index (κ1) is 15.3. The van der Waals surface area contributed by atoms with Crippen molar-refractivity contribution >= 4 is 5.91 Å². The van der Waals surface area contributed by atoms with E-state index in [1.54, 1.807) is 12.4 Å². The number of likely N-dealkylation sites (tertiary alicyclic amines) is 2. The minimum absolute atomic E-state index is 0.0571. The minimum atomic E-state index is 0.0571. The molecule has 0 radical (unpaired) electrons. The molecule has 4 heterocycles. The number of hydrogen-bond acceptors (Lipinski definition) is 4. The van der Waals surface area contributed by atoms with Gasteiger partial charge >= 0.3 is 0 Å². The quantitative estimate of drug-likeness (QED) is 0.869. The molecule has 0 unspecified atom stereocenters. The Kier molecular flexibility index (Phi) is 4.02. The first-order valence-electron chi connectivity index (χ1n) is 8.55. The second kappa shape index (κ2) is 6.32. The van der Waals surface area contributed by atoms with E-state index in [9.17, 15) is 4.79 Å². The van der Waals surface area contributed by atoms with Gasteiger partial charge in [0.05, 0.1) is 0 Å². The van der Waals surface area contributed by atoms with Crippen molar-refractivity contribution in [3.63, 3.8) is 0 Å². The number of carbonyl (C=O) groups excluding carboxylic acids is 1. The molecule has 2 fully saturated rings. The lowest BCUT2D eigenvalue weighted by Crippen LogP contribution is -2.64. The van der Waals surface area contributed by atoms with E-state index in [0.717, 1.165) is 44.1 Å². The highest BCUT2D eigenvalue weighted by atomic mass is 16.2. The molecule has 1 amide bonds. The Morgan fingerprint density at radius 3 is 2.92 bits per heavy atom. The first-order chi connectivity index (χ1) is 11.7. The molecule has 5 heteroatoms. The number of pyridine rings is 2. The standard InChI is InChI=1S/C19H22N4O/c1-14-4-5-17(21-9-14)19(24)22-8-6-16-12-23(18(16)13-22)11-15-3-2-7-20-10-15/h2-5,7,9-10,16,18H,6,8,11-13H2,1H3/t16-,18-/m1/s1. The molecule has 2 aliphatic heterocycles. The fraction of sp³-hybridized carbons (Fsp3) is 0.421. The summed E-state index contributed by atoms with van der Waals surface area (Å²) in [5, 5.41) is 0. The molecule has 0 bridgehead atoms. The van der Waals surface area contributed by atoms with Gasteiger partial charge in [-0.05, 0) is 42.5 Å². The molecular formula is C19H22N4O. The van der Waals surface area contributed by atoms with E-state index in [1.165, 1.54) is 5.56 Å². The van der Waals surface area contributed by atoms with Gasteiger partial charge in [0.15, 0.2) is 0 Å². The van der Waals surface area contributed by atoms with E-state index >= 15 is 0 Å². The maximum Gasteiger partial charge on any atom is 0.272 e. The summed E-state index contributed by atoms with van der Waals surface area (Å²) in [7, 11) is 0. The number of rotatable bonds is 3.